The lowest BCUT2D eigenvalue weighted by Crippen LogP contribution is -2.04. The lowest BCUT2D eigenvalue weighted by Gasteiger charge is -2.04. The van der Waals surface area contributed by atoms with Crippen molar-refractivity contribution in [2.45, 2.75) is 6.42 Å². The zero-order chi connectivity index (χ0) is 11.4. The van der Waals surface area contributed by atoms with Crippen LogP contribution < -0.4 is 5.90 Å². The molecular formula is C8H9FN2O4. The zero-order valence-corrected chi connectivity index (χ0v) is 7.64. The van der Waals surface area contributed by atoms with Crippen molar-refractivity contribution in [1.82, 2.24) is 0 Å². The van der Waals surface area contributed by atoms with Crippen molar-refractivity contribution < 1.29 is 19.3 Å². The van der Waals surface area contributed by atoms with Gasteiger partial charge in [-0.15, -0.1) is 0 Å². The summed E-state index contributed by atoms with van der Waals surface area (Å²) in [5.41, 5.74) is -0.575. The maximum absolute atomic E-state index is 12.9. The highest BCUT2D eigenvalue weighted by atomic mass is 19.1. The van der Waals surface area contributed by atoms with E-state index in [0.29, 0.717) is 6.07 Å². The normalized spacial score (nSPS) is 10.3. The van der Waals surface area contributed by atoms with Crippen LogP contribution in [0, 0.1) is 15.9 Å². The SMILES string of the molecule is NOCCc1cc(F)cc([N+](=O)[O-])c1O. The lowest BCUT2D eigenvalue weighted by atomic mass is 10.1. The average molecular weight is 216 g/mol. The first-order chi connectivity index (χ1) is 7.06. The molecular weight excluding hydrogens is 207 g/mol. The minimum Gasteiger partial charge on any atom is -0.502 e. The predicted molar refractivity (Wildman–Crippen MR) is 48.6 cm³/mol. The first-order valence-corrected chi connectivity index (χ1v) is 4.03. The smallest absolute Gasteiger partial charge is 0.313 e. The maximum atomic E-state index is 12.9. The molecule has 0 fully saturated rings. The molecule has 0 atom stereocenters. The Hall–Kier alpha value is -1.73. The molecule has 0 aliphatic rings. The fraction of sp³-hybridized carbons (Fsp3) is 0.250. The number of rotatable bonds is 4. The summed E-state index contributed by atoms with van der Waals surface area (Å²) >= 11 is 0. The topological polar surface area (TPSA) is 98.6 Å². The highest BCUT2D eigenvalue weighted by molar-refractivity contribution is 5.51. The summed E-state index contributed by atoms with van der Waals surface area (Å²) in [6.07, 6.45) is 0.0981. The summed E-state index contributed by atoms with van der Waals surface area (Å²) < 4.78 is 12.9. The molecule has 1 aromatic carbocycles. The van der Waals surface area contributed by atoms with Gasteiger partial charge in [0.1, 0.15) is 5.82 Å². The molecule has 0 aliphatic heterocycles. The number of phenols is 1. The molecule has 7 heteroatoms. The first-order valence-electron chi connectivity index (χ1n) is 4.03. The fourth-order valence-electron chi connectivity index (χ4n) is 1.14. The van der Waals surface area contributed by atoms with E-state index in [4.69, 9.17) is 5.90 Å². The molecule has 6 nitrogen and oxygen atoms in total. The van der Waals surface area contributed by atoms with Crippen molar-refractivity contribution in [2.75, 3.05) is 6.61 Å². The number of benzene rings is 1. The van der Waals surface area contributed by atoms with Crippen molar-refractivity contribution in [3.63, 3.8) is 0 Å². The van der Waals surface area contributed by atoms with E-state index in [1.807, 2.05) is 0 Å². The minimum absolute atomic E-state index is 0.0359. The number of nitrogens with two attached hydrogens (primary N) is 1. The van der Waals surface area contributed by atoms with Gasteiger partial charge in [-0.05, 0) is 6.07 Å². The molecule has 0 saturated heterocycles. The molecule has 0 aliphatic carbocycles. The third-order valence-electron chi connectivity index (χ3n) is 1.82. The third-order valence-corrected chi connectivity index (χ3v) is 1.82. The van der Waals surface area contributed by atoms with E-state index in [2.05, 4.69) is 4.84 Å². The summed E-state index contributed by atoms with van der Waals surface area (Å²) in [6.45, 7) is 0.0359. The van der Waals surface area contributed by atoms with Gasteiger partial charge in [0.2, 0.25) is 0 Å². The van der Waals surface area contributed by atoms with Gasteiger partial charge in [-0.25, -0.2) is 10.3 Å². The van der Waals surface area contributed by atoms with Crippen LogP contribution in [0.2, 0.25) is 0 Å². The standard InChI is InChI=1S/C8H9FN2O4/c9-6-3-5(1-2-15-10)8(12)7(4-6)11(13)14/h3-4,12H,1-2,10H2. The number of nitrogens with zero attached hydrogens (tertiary/aromatic N) is 1. The van der Waals surface area contributed by atoms with Crippen molar-refractivity contribution in [2.24, 2.45) is 5.90 Å². The van der Waals surface area contributed by atoms with E-state index in [-0.39, 0.29) is 18.6 Å². The molecule has 3 N–H and O–H groups in total. The maximum Gasteiger partial charge on any atom is 0.313 e. The molecule has 0 radical (unpaired) electrons. The monoisotopic (exact) mass is 216 g/mol. The van der Waals surface area contributed by atoms with Gasteiger partial charge < -0.3 is 9.94 Å². The quantitative estimate of drug-likeness (QED) is 0.574. The summed E-state index contributed by atoms with van der Waals surface area (Å²) in [6, 6.07) is 1.66. The number of nitro benzene ring substituents is 1. The van der Waals surface area contributed by atoms with Crippen LogP contribution in [0.3, 0.4) is 0 Å². The Morgan fingerprint density at radius 1 is 1.60 bits per heavy atom. The largest absolute Gasteiger partial charge is 0.502 e. The van der Waals surface area contributed by atoms with Crippen LogP contribution in [-0.4, -0.2) is 16.6 Å². The van der Waals surface area contributed by atoms with Gasteiger partial charge in [-0.3, -0.25) is 10.1 Å². The van der Waals surface area contributed by atoms with Gasteiger partial charge in [0.25, 0.3) is 0 Å². The Labute approximate surface area is 84.2 Å². The highest BCUT2D eigenvalue weighted by Crippen LogP contribution is 2.30. The van der Waals surface area contributed by atoms with Crippen molar-refractivity contribution in [3.05, 3.63) is 33.6 Å². The first kappa shape index (κ1) is 11.3. The predicted octanol–water partition coefficient (Wildman–Crippen LogP) is 0.872. The van der Waals surface area contributed by atoms with Gasteiger partial charge in [-0.1, -0.05) is 0 Å². The Balaban J connectivity index is 3.10. The van der Waals surface area contributed by atoms with Crippen LogP contribution in [0.4, 0.5) is 10.1 Å². The Morgan fingerprint density at radius 3 is 2.80 bits per heavy atom. The van der Waals surface area contributed by atoms with E-state index in [1.54, 1.807) is 0 Å². The van der Waals surface area contributed by atoms with E-state index in [1.165, 1.54) is 0 Å². The fourth-order valence-corrected chi connectivity index (χ4v) is 1.14. The molecule has 15 heavy (non-hydrogen) atoms. The number of halogens is 1. The van der Waals surface area contributed by atoms with Gasteiger partial charge in [0.05, 0.1) is 17.6 Å². The summed E-state index contributed by atoms with van der Waals surface area (Å²) in [5.74, 6) is 3.41. The number of aromatic hydroxyl groups is 1. The molecule has 1 rings (SSSR count). The molecule has 0 spiro atoms. The second-order valence-electron chi connectivity index (χ2n) is 2.81. The van der Waals surface area contributed by atoms with Gasteiger partial charge >= 0.3 is 5.69 Å². The van der Waals surface area contributed by atoms with Crippen LogP contribution in [0.1, 0.15) is 5.56 Å². The summed E-state index contributed by atoms with van der Waals surface area (Å²) in [7, 11) is 0. The molecule has 0 bridgehead atoms. The van der Waals surface area contributed by atoms with Crippen LogP contribution >= 0.6 is 0 Å². The molecule has 82 valence electrons. The van der Waals surface area contributed by atoms with Crippen LogP contribution in [0.5, 0.6) is 5.75 Å². The van der Waals surface area contributed by atoms with Crippen LogP contribution in [0.15, 0.2) is 12.1 Å². The molecule has 1 aromatic rings. The molecule has 0 unspecified atom stereocenters. The Kier molecular flexibility index (Phi) is 3.53. The van der Waals surface area contributed by atoms with E-state index in [9.17, 15) is 19.6 Å². The highest BCUT2D eigenvalue weighted by Gasteiger charge is 2.18. The third kappa shape index (κ3) is 2.61. The number of nitro groups is 1. The number of hydrogen-bond donors (Lipinski definition) is 2. The zero-order valence-electron chi connectivity index (χ0n) is 7.64. The molecule has 0 heterocycles. The number of phenolic OH excluding ortho intramolecular Hbond substituents is 1. The Morgan fingerprint density at radius 2 is 2.27 bits per heavy atom. The summed E-state index contributed by atoms with van der Waals surface area (Å²) in [5, 5.41) is 19.8. The second-order valence-corrected chi connectivity index (χ2v) is 2.81. The van der Waals surface area contributed by atoms with Crippen molar-refractivity contribution >= 4 is 5.69 Å². The van der Waals surface area contributed by atoms with Crippen molar-refractivity contribution in [1.29, 1.82) is 0 Å². The van der Waals surface area contributed by atoms with Crippen molar-refractivity contribution in [3.8, 4) is 5.75 Å². The Bertz CT molecular complexity index is 383. The minimum atomic E-state index is -0.856. The van der Waals surface area contributed by atoms with Crippen LogP contribution in [-0.2, 0) is 11.3 Å². The lowest BCUT2D eigenvalue weighted by molar-refractivity contribution is -0.386. The van der Waals surface area contributed by atoms with Gasteiger partial charge in [-0.2, -0.15) is 0 Å². The van der Waals surface area contributed by atoms with E-state index < -0.39 is 22.2 Å². The molecule has 0 saturated carbocycles. The molecule has 0 amide bonds. The second kappa shape index (κ2) is 4.67. The van der Waals surface area contributed by atoms with E-state index in [0.717, 1.165) is 6.07 Å². The summed E-state index contributed by atoms with van der Waals surface area (Å²) in [4.78, 5) is 13.8. The van der Waals surface area contributed by atoms with Crippen LogP contribution in [0.25, 0.3) is 0 Å². The van der Waals surface area contributed by atoms with Gasteiger partial charge in [0, 0.05) is 12.0 Å². The average Bonchev–Trinajstić information content (AvgIpc) is 2.18. The van der Waals surface area contributed by atoms with E-state index >= 15 is 0 Å². The molecule has 0 aromatic heterocycles. The number of hydrogen-bond acceptors (Lipinski definition) is 5. The van der Waals surface area contributed by atoms with Gasteiger partial charge in [0.15, 0.2) is 5.75 Å².